The number of benzene rings is 2. The highest BCUT2D eigenvalue weighted by Gasteiger charge is 2.26. The van der Waals surface area contributed by atoms with Gasteiger partial charge in [0.1, 0.15) is 0 Å². The van der Waals surface area contributed by atoms with E-state index in [0.717, 1.165) is 5.56 Å². The Balaban J connectivity index is 1.75. The van der Waals surface area contributed by atoms with Gasteiger partial charge in [0.2, 0.25) is 0 Å². The molecule has 2 aromatic rings. The number of carbonyl (C=O) groups excluding carboxylic acids is 1. The Hall–Kier alpha value is -2.17. The summed E-state index contributed by atoms with van der Waals surface area (Å²) >= 11 is 0. The van der Waals surface area contributed by atoms with Gasteiger partial charge in [-0.15, -0.1) is 0 Å². The zero-order valence-corrected chi connectivity index (χ0v) is 13.9. The third kappa shape index (κ3) is 4.02. The molecule has 24 heavy (non-hydrogen) atoms. The molecule has 0 saturated carbocycles. The van der Waals surface area contributed by atoms with E-state index in [4.69, 9.17) is 4.74 Å². The number of rotatable bonds is 4. The van der Waals surface area contributed by atoms with E-state index < -0.39 is 6.10 Å². The first kappa shape index (κ1) is 16.7. The molecule has 0 spiro atoms. The summed E-state index contributed by atoms with van der Waals surface area (Å²) in [6.07, 6.45) is 0.704. The standard InChI is InChI=1S/C20H23NO3/c1-14-6-8-15(9-7-14)12-16-4-2-3-5-17(16)20(23)21-18-13-24-11-10-19(18)22/h2-9,18-19,22H,10-13H2,1H3,(H,21,23)/t18-,19-/m0/s1. The molecule has 3 rings (SSSR count). The molecule has 4 heteroatoms. The molecular formula is C20H23NO3. The fraction of sp³-hybridized carbons (Fsp3) is 0.350. The lowest BCUT2D eigenvalue weighted by Crippen LogP contribution is -2.49. The number of aryl methyl sites for hydroxylation is 1. The molecule has 2 N–H and O–H groups in total. The van der Waals surface area contributed by atoms with E-state index >= 15 is 0 Å². The highest BCUT2D eigenvalue weighted by Crippen LogP contribution is 2.16. The van der Waals surface area contributed by atoms with Gasteiger partial charge in [0.05, 0.1) is 18.8 Å². The van der Waals surface area contributed by atoms with Gasteiger partial charge in [-0.25, -0.2) is 0 Å². The molecule has 0 unspecified atom stereocenters. The Morgan fingerprint density at radius 1 is 1.21 bits per heavy atom. The van der Waals surface area contributed by atoms with Gasteiger partial charge in [0, 0.05) is 12.2 Å². The molecule has 2 atom stereocenters. The van der Waals surface area contributed by atoms with Gasteiger partial charge >= 0.3 is 0 Å². The van der Waals surface area contributed by atoms with Gasteiger partial charge in [0.25, 0.3) is 5.91 Å². The van der Waals surface area contributed by atoms with Crippen LogP contribution >= 0.6 is 0 Å². The van der Waals surface area contributed by atoms with E-state index in [1.54, 1.807) is 0 Å². The summed E-state index contributed by atoms with van der Waals surface area (Å²) in [7, 11) is 0. The molecule has 1 aliphatic rings. The van der Waals surface area contributed by atoms with Crippen molar-refractivity contribution in [1.29, 1.82) is 0 Å². The minimum Gasteiger partial charge on any atom is -0.391 e. The molecule has 2 aromatic carbocycles. The van der Waals surface area contributed by atoms with Gasteiger partial charge in [-0.3, -0.25) is 4.79 Å². The molecule has 1 heterocycles. The molecule has 0 bridgehead atoms. The molecule has 4 nitrogen and oxygen atoms in total. The van der Waals surface area contributed by atoms with Crippen molar-refractivity contribution >= 4 is 5.91 Å². The van der Waals surface area contributed by atoms with Crippen LogP contribution in [0.25, 0.3) is 0 Å². The summed E-state index contributed by atoms with van der Waals surface area (Å²) in [4.78, 5) is 12.6. The Labute approximate surface area is 142 Å². The molecule has 1 fully saturated rings. The van der Waals surface area contributed by atoms with Crippen molar-refractivity contribution in [2.24, 2.45) is 0 Å². The fourth-order valence-electron chi connectivity index (χ4n) is 2.93. The molecule has 1 aliphatic heterocycles. The fourth-order valence-corrected chi connectivity index (χ4v) is 2.93. The molecule has 1 saturated heterocycles. The minimum absolute atomic E-state index is 0.160. The van der Waals surface area contributed by atoms with E-state index in [1.165, 1.54) is 11.1 Å². The normalized spacial score (nSPS) is 20.6. The number of aliphatic hydroxyl groups excluding tert-OH is 1. The highest BCUT2D eigenvalue weighted by atomic mass is 16.5. The van der Waals surface area contributed by atoms with Crippen LogP contribution in [0.4, 0.5) is 0 Å². The molecule has 0 radical (unpaired) electrons. The predicted molar refractivity (Wildman–Crippen MR) is 93.1 cm³/mol. The summed E-state index contributed by atoms with van der Waals surface area (Å²) in [5, 5.41) is 12.9. The van der Waals surface area contributed by atoms with Crippen molar-refractivity contribution in [2.75, 3.05) is 13.2 Å². The molecule has 0 aromatic heterocycles. The monoisotopic (exact) mass is 325 g/mol. The van der Waals surface area contributed by atoms with E-state index in [0.29, 0.717) is 31.6 Å². The molecule has 0 aliphatic carbocycles. The maximum atomic E-state index is 12.6. The van der Waals surface area contributed by atoms with Crippen molar-refractivity contribution in [2.45, 2.75) is 31.9 Å². The zero-order chi connectivity index (χ0) is 16.9. The van der Waals surface area contributed by atoms with Crippen LogP contribution in [0, 0.1) is 6.92 Å². The maximum Gasteiger partial charge on any atom is 0.251 e. The zero-order valence-electron chi connectivity index (χ0n) is 13.9. The number of hydrogen-bond acceptors (Lipinski definition) is 3. The maximum absolute atomic E-state index is 12.6. The number of hydrogen-bond donors (Lipinski definition) is 2. The van der Waals surface area contributed by atoms with Crippen molar-refractivity contribution in [3.8, 4) is 0 Å². The summed E-state index contributed by atoms with van der Waals surface area (Å²) < 4.78 is 5.35. The van der Waals surface area contributed by atoms with Gasteiger partial charge in [0.15, 0.2) is 0 Å². The SMILES string of the molecule is Cc1ccc(Cc2ccccc2C(=O)N[C@H]2COCC[C@@H]2O)cc1. The Bertz CT molecular complexity index is 696. The lowest BCUT2D eigenvalue weighted by Gasteiger charge is -2.28. The summed E-state index contributed by atoms with van der Waals surface area (Å²) in [5.74, 6) is -0.160. The first-order valence-corrected chi connectivity index (χ1v) is 8.33. The van der Waals surface area contributed by atoms with Gasteiger partial charge in [-0.1, -0.05) is 48.0 Å². The first-order valence-electron chi connectivity index (χ1n) is 8.33. The van der Waals surface area contributed by atoms with Crippen molar-refractivity contribution in [3.05, 3.63) is 70.8 Å². The first-order chi connectivity index (χ1) is 11.6. The quantitative estimate of drug-likeness (QED) is 0.908. The van der Waals surface area contributed by atoms with Crippen LogP contribution in [0.15, 0.2) is 48.5 Å². The van der Waals surface area contributed by atoms with Crippen molar-refractivity contribution < 1.29 is 14.6 Å². The second kappa shape index (κ2) is 7.60. The van der Waals surface area contributed by atoms with E-state index in [1.807, 2.05) is 24.3 Å². The highest BCUT2D eigenvalue weighted by molar-refractivity contribution is 5.96. The van der Waals surface area contributed by atoms with E-state index in [2.05, 4.69) is 36.5 Å². The molecule has 1 amide bonds. The van der Waals surface area contributed by atoms with Crippen molar-refractivity contribution in [3.63, 3.8) is 0 Å². The number of aliphatic hydroxyl groups is 1. The van der Waals surface area contributed by atoms with Crippen LogP contribution in [-0.2, 0) is 11.2 Å². The molecular weight excluding hydrogens is 302 g/mol. The third-order valence-corrected chi connectivity index (χ3v) is 4.41. The summed E-state index contributed by atoms with van der Waals surface area (Å²) in [6.45, 7) is 2.95. The van der Waals surface area contributed by atoms with E-state index in [9.17, 15) is 9.90 Å². The predicted octanol–water partition coefficient (Wildman–Crippen LogP) is 2.47. The van der Waals surface area contributed by atoms with Crippen LogP contribution in [0.2, 0.25) is 0 Å². The minimum atomic E-state index is -0.549. The number of amides is 1. The average molecular weight is 325 g/mol. The third-order valence-electron chi connectivity index (χ3n) is 4.41. The Kier molecular flexibility index (Phi) is 5.28. The molecule has 126 valence electrons. The van der Waals surface area contributed by atoms with Crippen LogP contribution in [0.1, 0.15) is 33.5 Å². The van der Waals surface area contributed by atoms with Crippen LogP contribution in [0.3, 0.4) is 0 Å². The average Bonchev–Trinajstić information content (AvgIpc) is 2.59. The van der Waals surface area contributed by atoms with Gasteiger partial charge < -0.3 is 15.2 Å². The summed E-state index contributed by atoms with van der Waals surface area (Å²) in [5.41, 5.74) is 4.01. The Morgan fingerprint density at radius 2 is 1.96 bits per heavy atom. The van der Waals surface area contributed by atoms with Crippen LogP contribution < -0.4 is 5.32 Å². The smallest absolute Gasteiger partial charge is 0.251 e. The van der Waals surface area contributed by atoms with Crippen LogP contribution in [0.5, 0.6) is 0 Å². The number of carbonyl (C=O) groups is 1. The second-order valence-corrected chi connectivity index (χ2v) is 6.33. The largest absolute Gasteiger partial charge is 0.391 e. The summed E-state index contributed by atoms with van der Waals surface area (Å²) in [6, 6.07) is 15.6. The van der Waals surface area contributed by atoms with Crippen molar-refractivity contribution in [1.82, 2.24) is 5.32 Å². The Morgan fingerprint density at radius 3 is 2.71 bits per heavy atom. The topological polar surface area (TPSA) is 58.6 Å². The number of nitrogens with one attached hydrogen (secondary N) is 1. The van der Waals surface area contributed by atoms with E-state index in [-0.39, 0.29) is 11.9 Å². The van der Waals surface area contributed by atoms with Gasteiger partial charge in [-0.05, 0) is 37.0 Å². The van der Waals surface area contributed by atoms with Gasteiger partial charge in [-0.2, -0.15) is 0 Å². The number of ether oxygens (including phenoxy) is 1. The van der Waals surface area contributed by atoms with Crippen LogP contribution in [-0.4, -0.2) is 36.4 Å². The second-order valence-electron chi connectivity index (χ2n) is 6.33. The lowest BCUT2D eigenvalue weighted by atomic mass is 9.98. The lowest BCUT2D eigenvalue weighted by molar-refractivity contribution is -0.0140.